The van der Waals surface area contributed by atoms with E-state index in [-0.39, 0.29) is 5.91 Å². The highest BCUT2D eigenvalue weighted by Crippen LogP contribution is 2.26. The average Bonchev–Trinajstić information content (AvgIpc) is 3.01. The van der Waals surface area contributed by atoms with Crippen molar-refractivity contribution in [2.24, 2.45) is 0 Å². The van der Waals surface area contributed by atoms with E-state index in [0.717, 1.165) is 16.8 Å². The van der Waals surface area contributed by atoms with Crippen LogP contribution in [-0.4, -0.2) is 22.2 Å². The standard InChI is InChI=1S/C19H19N3O/c1-3-20-19(23)17-13-22(15-10-5-4-6-11-15)21-18(17)16-12-8-7-9-14(16)2/h4-13H,3H2,1-2H3,(H,20,23). The Balaban J connectivity index is 2.15. The number of benzene rings is 2. The van der Waals surface area contributed by atoms with Crippen molar-refractivity contribution in [2.45, 2.75) is 13.8 Å². The van der Waals surface area contributed by atoms with E-state index in [2.05, 4.69) is 10.4 Å². The second-order valence-corrected chi connectivity index (χ2v) is 5.35. The minimum atomic E-state index is -0.104. The van der Waals surface area contributed by atoms with Gasteiger partial charge in [0.25, 0.3) is 5.91 Å². The molecule has 1 amide bonds. The van der Waals surface area contributed by atoms with Gasteiger partial charge in [-0.25, -0.2) is 4.68 Å². The molecule has 0 aliphatic carbocycles. The third-order valence-electron chi connectivity index (χ3n) is 3.72. The summed E-state index contributed by atoms with van der Waals surface area (Å²) in [5.41, 5.74) is 4.29. The van der Waals surface area contributed by atoms with Crippen LogP contribution in [0.15, 0.2) is 60.8 Å². The predicted octanol–water partition coefficient (Wildman–Crippen LogP) is 3.60. The third-order valence-corrected chi connectivity index (χ3v) is 3.72. The van der Waals surface area contributed by atoms with E-state index < -0.39 is 0 Å². The van der Waals surface area contributed by atoms with Crippen LogP contribution in [-0.2, 0) is 0 Å². The molecule has 1 heterocycles. The van der Waals surface area contributed by atoms with Crippen LogP contribution >= 0.6 is 0 Å². The topological polar surface area (TPSA) is 46.9 Å². The Kier molecular flexibility index (Phi) is 4.24. The molecule has 4 heteroatoms. The van der Waals surface area contributed by atoms with Crippen LogP contribution in [0.2, 0.25) is 0 Å². The van der Waals surface area contributed by atoms with E-state index in [0.29, 0.717) is 17.8 Å². The zero-order valence-electron chi connectivity index (χ0n) is 13.3. The van der Waals surface area contributed by atoms with Gasteiger partial charge in [-0.05, 0) is 31.5 Å². The Morgan fingerprint density at radius 2 is 1.78 bits per heavy atom. The summed E-state index contributed by atoms with van der Waals surface area (Å²) in [4.78, 5) is 12.4. The van der Waals surface area contributed by atoms with Crippen LogP contribution in [0.25, 0.3) is 16.9 Å². The van der Waals surface area contributed by atoms with Crippen molar-refractivity contribution in [1.29, 1.82) is 0 Å². The van der Waals surface area contributed by atoms with Crippen LogP contribution in [0.3, 0.4) is 0 Å². The number of carbonyl (C=O) groups is 1. The fraction of sp³-hybridized carbons (Fsp3) is 0.158. The minimum absolute atomic E-state index is 0.104. The van der Waals surface area contributed by atoms with E-state index >= 15 is 0 Å². The fourth-order valence-electron chi connectivity index (χ4n) is 2.55. The zero-order chi connectivity index (χ0) is 16.2. The number of para-hydroxylation sites is 1. The summed E-state index contributed by atoms with van der Waals surface area (Å²) in [5, 5.41) is 7.53. The van der Waals surface area contributed by atoms with E-state index in [9.17, 15) is 4.79 Å². The maximum absolute atomic E-state index is 12.4. The highest BCUT2D eigenvalue weighted by Gasteiger charge is 2.19. The number of nitrogens with zero attached hydrogens (tertiary/aromatic N) is 2. The first kappa shape index (κ1) is 15.0. The van der Waals surface area contributed by atoms with Gasteiger partial charge in [0.1, 0.15) is 5.69 Å². The summed E-state index contributed by atoms with van der Waals surface area (Å²) in [7, 11) is 0. The summed E-state index contributed by atoms with van der Waals surface area (Å²) < 4.78 is 1.76. The molecule has 0 aliphatic rings. The maximum atomic E-state index is 12.4. The lowest BCUT2D eigenvalue weighted by Crippen LogP contribution is -2.22. The Morgan fingerprint density at radius 3 is 2.48 bits per heavy atom. The Labute approximate surface area is 135 Å². The first-order chi connectivity index (χ1) is 11.2. The molecule has 116 valence electrons. The molecular formula is C19H19N3O. The number of hydrogen-bond acceptors (Lipinski definition) is 2. The SMILES string of the molecule is CCNC(=O)c1cn(-c2ccccc2)nc1-c1ccccc1C. The van der Waals surface area contributed by atoms with Crippen LogP contribution in [0.4, 0.5) is 0 Å². The van der Waals surface area contributed by atoms with Crippen molar-refractivity contribution >= 4 is 5.91 Å². The molecule has 0 bridgehead atoms. The van der Waals surface area contributed by atoms with E-state index in [1.54, 1.807) is 10.9 Å². The molecule has 0 radical (unpaired) electrons. The Bertz CT molecular complexity index is 822. The second-order valence-electron chi connectivity index (χ2n) is 5.35. The summed E-state index contributed by atoms with van der Waals surface area (Å²) in [6.07, 6.45) is 1.79. The molecule has 0 fully saturated rings. The number of rotatable bonds is 4. The first-order valence-electron chi connectivity index (χ1n) is 7.70. The van der Waals surface area contributed by atoms with Crippen molar-refractivity contribution in [3.05, 3.63) is 71.9 Å². The molecule has 0 spiro atoms. The van der Waals surface area contributed by atoms with Gasteiger partial charge in [-0.2, -0.15) is 5.10 Å². The lowest BCUT2D eigenvalue weighted by atomic mass is 10.0. The normalized spacial score (nSPS) is 10.5. The Morgan fingerprint density at radius 1 is 1.09 bits per heavy atom. The number of aromatic nitrogens is 2. The van der Waals surface area contributed by atoms with Crippen LogP contribution in [0.1, 0.15) is 22.8 Å². The first-order valence-corrected chi connectivity index (χ1v) is 7.70. The maximum Gasteiger partial charge on any atom is 0.255 e. The van der Waals surface area contributed by atoms with Crippen LogP contribution < -0.4 is 5.32 Å². The zero-order valence-corrected chi connectivity index (χ0v) is 13.3. The van der Waals surface area contributed by atoms with Crippen molar-refractivity contribution < 1.29 is 4.79 Å². The lowest BCUT2D eigenvalue weighted by Gasteiger charge is -2.05. The van der Waals surface area contributed by atoms with Gasteiger partial charge in [-0.15, -0.1) is 0 Å². The van der Waals surface area contributed by atoms with Gasteiger partial charge < -0.3 is 5.32 Å². The molecular weight excluding hydrogens is 286 g/mol. The molecule has 1 aromatic heterocycles. The monoisotopic (exact) mass is 305 g/mol. The highest BCUT2D eigenvalue weighted by atomic mass is 16.1. The predicted molar refractivity (Wildman–Crippen MR) is 91.7 cm³/mol. The molecule has 0 saturated heterocycles. The quantitative estimate of drug-likeness (QED) is 0.800. The van der Waals surface area contributed by atoms with Crippen LogP contribution in [0, 0.1) is 6.92 Å². The number of aryl methyl sites for hydroxylation is 1. The van der Waals surface area contributed by atoms with Gasteiger partial charge in [0.15, 0.2) is 0 Å². The molecule has 0 unspecified atom stereocenters. The Hall–Kier alpha value is -2.88. The summed E-state index contributed by atoms with van der Waals surface area (Å²) >= 11 is 0. The van der Waals surface area contributed by atoms with Gasteiger partial charge >= 0.3 is 0 Å². The molecule has 0 aliphatic heterocycles. The fourth-order valence-corrected chi connectivity index (χ4v) is 2.55. The molecule has 0 saturated carbocycles. The van der Waals surface area contributed by atoms with Gasteiger partial charge in [-0.1, -0.05) is 42.5 Å². The van der Waals surface area contributed by atoms with Crippen molar-refractivity contribution in [3.8, 4) is 16.9 Å². The third kappa shape index (κ3) is 3.01. The van der Waals surface area contributed by atoms with Crippen LogP contribution in [0.5, 0.6) is 0 Å². The van der Waals surface area contributed by atoms with Gasteiger partial charge in [0.2, 0.25) is 0 Å². The number of nitrogens with one attached hydrogen (secondary N) is 1. The van der Waals surface area contributed by atoms with Crippen molar-refractivity contribution in [1.82, 2.24) is 15.1 Å². The second kappa shape index (κ2) is 6.48. The lowest BCUT2D eigenvalue weighted by molar-refractivity contribution is 0.0956. The average molecular weight is 305 g/mol. The van der Waals surface area contributed by atoms with E-state index in [1.165, 1.54) is 0 Å². The van der Waals surface area contributed by atoms with Gasteiger partial charge in [-0.3, -0.25) is 4.79 Å². The molecule has 23 heavy (non-hydrogen) atoms. The molecule has 1 N–H and O–H groups in total. The number of amides is 1. The molecule has 2 aromatic carbocycles. The van der Waals surface area contributed by atoms with E-state index in [4.69, 9.17) is 0 Å². The molecule has 0 atom stereocenters. The minimum Gasteiger partial charge on any atom is -0.352 e. The summed E-state index contributed by atoms with van der Waals surface area (Å²) in [6.45, 7) is 4.52. The molecule has 4 nitrogen and oxygen atoms in total. The smallest absolute Gasteiger partial charge is 0.255 e. The van der Waals surface area contributed by atoms with E-state index in [1.807, 2.05) is 68.4 Å². The summed E-state index contributed by atoms with van der Waals surface area (Å²) in [6, 6.07) is 17.8. The molecule has 3 rings (SSSR count). The largest absolute Gasteiger partial charge is 0.352 e. The molecule has 3 aromatic rings. The van der Waals surface area contributed by atoms with Crippen molar-refractivity contribution in [3.63, 3.8) is 0 Å². The highest BCUT2D eigenvalue weighted by molar-refractivity contribution is 6.00. The van der Waals surface area contributed by atoms with Crippen molar-refractivity contribution in [2.75, 3.05) is 6.54 Å². The number of hydrogen-bond donors (Lipinski definition) is 1. The summed E-state index contributed by atoms with van der Waals surface area (Å²) in [5.74, 6) is -0.104. The van der Waals surface area contributed by atoms with Gasteiger partial charge in [0, 0.05) is 18.3 Å². The number of carbonyl (C=O) groups excluding carboxylic acids is 1. The van der Waals surface area contributed by atoms with Gasteiger partial charge in [0.05, 0.1) is 11.3 Å².